The molecular formula is C32H39ClN4O3Si. The molecule has 1 aromatic carbocycles. The lowest BCUT2D eigenvalue weighted by Crippen LogP contribution is -2.58. The van der Waals surface area contributed by atoms with Gasteiger partial charge in [0.05, 0.1) is 23.2 Å². The van der Waals surface area contributed by atoms with Crippen LogP contribution < -0.4 is 15.6 Å². The van der Waals surface area contributed by atoms with Crippen molar-refractivity contribution in [3.8, 4) is 11.3 Å². The van der Waals surface area contributed by atoms with E-state index in [1.54, 1.807) is 25.4 Å². The van der Waals surface area contributed by atoms with Crippen LogP contribution >= 0.6 is 11.6 Å². The number of halogens is 1. The summed E-state index contributed by atoms with van der Waals surface area (Å²) in [5.41, 5.74) is 4.62. The number of benzene rings is 1. The minimum absolute atomic E-state index is 0.0375. The van der Waals surface area contributed by atoms with Gasteiger partial charge in [0.1, 0.15) is 16.5 Å². The molecule has 1 aliphatic heterocycles. The lowest BCUT2D eigenvalue weighted by molar-refractivity contribution is 0.148. The monoisotopic (exact) mass is 590 g/mol. The zero-order valence-corrected chi connectivity index (χ0v) is 26.9. The summed E-state index contributed by atoms with van der Waals surface area (Å²) in [5, 5.41) is 4.80. The molecule has 1 aliphatic rings. The maximum Gasteiger partial charge on any atom is 0.196 e. The van der Waals surface area contributed by atoms with Crippen molar-refractivity contribution in [2.75, 3.05) is 23.3 Å². The van der Waals surface area contributed by atoms with Crippen LogP contribution in [0.2, 0.25) is 23.3 Å². The fourth-order valence-corrected chi connectivity index (χ4v) is 6.51. The summed E-state index contributed by atoms with van der Waals surface area (Å²) in [5.74, 6) is 1.33. The molecule has 4 aromatic rings. The second-order valence-electron chi connectivity index (χ2n) is 12.6. The highest BCUT2D eigenvalue weighted by atomic mass is 35.5. The summed E-state index contributed by atoms with van der Waals surface area (Å²) in [6.45, 7) is 18.7. The first-order valence-electron chi connectivity index (χ1n) is 14.1. The van der Waals surface area contributed by atoms with Crippen LogP contribution in [0.15, 0.2) is 58.0 Å². The highest BCUT2D eigenvalue weighted by Crippen LogP contribution is 2.40. The molecule has 0 saturated carbocycles. The fourth-order valence-electron chi connectivity index (χ4n) is 5.03. The summed E-state index contributed by atoms with van der Waals surface area (Å²) >= 11 is 6.36. The number of aromatic nitrogens is 2. The standard InChI is InChI=1S/C32H39ClN4O3Si/c1-19-14-24(30-25(15-19)28(38)20(2)29(39-30)22-10-9-13-34-16-22)21(3)35-26-11-12-27(33)36-31(26)37-17-23(18-37)40-41(7,8)32(4,5)6/h9-16,21,23,35H,17-18H2,1-8H3. The van der Waals surface area contributed by atoms with E-state index in [1.165, 1.54) is 0 Å². The van der Waals surface area contributed by atoms with Crippen molar-refractivity contribution < 1.29 is 8.84 Å². The van der Waals surface area contributed by atoms with Gasteiger partial charge in [-0.1, -0.05) is 38.4 Å². The summed E-state index contributed by atoms with van der Waals surface area (Å²) in [6, 6.07) is 11.3. The first kappa shape index (κ1) is 29.3. The van der Waals surface area contributed by atoms with E-state index >= 15 is 0 Å². The molecule has 0 radical (unpaired) electrons. The number of nitrogens with one attached hydrogen (secondary N) is 1. The molecule has 1 fully saturated rings. The zero-order valence-electron chi connectivity index (χ0n) is 25.1. The Hall–Kier alpha value is -3.20. The smallest absolute Gasteiger partial charge is 0.196 e. The Kier molecular flexibility index (Phi) is 7.78. The topological polar surface area (TPSA) is 80.5 Å². The third-order valence-corrected chi connectivity index (χ3v) is 13.2. The lowest BCUT2D eigenvalue weighted by atomic mass is 9.99. The number of fused-ring (bicyclic) bond motifs is 1. The van der Waals surface area contributed by atoms with Crippen LogP contribution in [-0.4, -0.2) is 37.5 Å². The second-order valence-corrected chi connectivity index (χ2v) is 17.8. The van der Waals surface area contributed by atoms with Gasteiger partial charge in [0, 0.05) is 42.2 Å². The molecule has 3 aromatic heterocycles. The van der Waals surface area contributed by atoms with Crippen molar-refractivity contribution in [2.24, 2.45) is 0 Å². The number of hydrogen-bond acceptors (Lipinski definition) is 7. The molecular weight excluding hydrogens is 552 g/mol. The van der Waals surface area contributed by atoms with Crippen LogP contribution in [-0.2, 0) is 4.43 Å². The molecule has 4 heterocycles. The molecule has 0 spiro atoms. The minimum Gasteiger partial charge on any atom is -0.455 e. The zero-order chi connectivity index (χ0) is 29.7. The molecule has 1 atom stereocenters. The van der Waals surface area contributed by atoms with Crippen molar-refractivity contribution in [2.45, 2.75) is 71.8 Å². The average molecular weight is 591 g/mol. The predicted octanol–water partition coefficient (Wildman–Crippen LogP) is 7.90. The maximum absolute atomic E-state index is 13.5. The Morgan fingerprint density at radius 3 is 2.56 bits per heavy atom. The molecule has 0 amide bonds. The van der Waals surface area contributed by atoms with Gasteiger partial charge in [-0.2, -0.15) is 0 Å². The van der Waals surface area contributed by atoms with Crippen molar-refractivity contribution in [3.05, 3.63) is 80.9 Å². The molecule has 41 heavy (non-hydrogen) atoms. The molecule has 0 bridgehead atoms. The predicted molar refractivity (Wildman–Crippen MR) is 171 cm³/mol. The van der Waals surface area contributed by atoms with Crippen LogP contribution in [0.4, 0.5) is 11.5 Å². The molecule has 1 N–H and O–H groups in total. The van der Waals surface area contributed by atoms with Crippen LogP contribution in [0.5, 0.6) is 0 Å². The largest absolute Gasteiger partial charge is 0.455 e. The Morgan fingerprint density at radius 1 is 1.17 bits per heavy atom. The Bertz CT molecular complexity index is 1640. The average Bonchev–Trinajstić information content (AvgIpc) is 2.89. The van der Waals surface area contributed by atoms with E-state index in [9.17, 15) is 4.79 Å². The molecule has 7 nitrogen and oxygen atoms in total. The maximum atomic E-state index is 13.5. The minimum atomic E-state index is -1.86. The van der Waals surface area contributed by atoms with E-state index in [4.69, 9.17) is 20.4 Å². The van der Waals surface area contributed by atoms with Gasteiger partial charge < -0.3 is 19.1 Å². The molecule has 1 unspecified atom stereocenters. The molecule has 0 aliphatic carbocycles. The van der Waals surface area contributed by atoms with Gasteiger partial charge in [0.15, 0.2) is 19.6 Å². The number of hydrogen-bond donors (Lipinski definition) is 1. The molecule has 9 heteroatoms. The third-order valence-electron chi connectivity index (χ3n) is 8.41. The number of nitrogens with zero attached hydrogens (tertiary/aromatic N) is 3. The summed E-state index contributed by atoms with van der Waals surface area (Å²) in [7, 11) is -1.86. The van der Waals surface area contributed by atoms with Gasteiger partial charge in [0.25, 0.3) is 0 Å². The van der Waals surface area contributed by atoms with Gasteiger partial charge in [-0.3, -0.25) is 9.78 Å². The highest BCUT2D eigenvalue weighted by Gasteiger charge is 2.42. The summed E-state index contributed by atoms with van der Waals surface area (Å²) in [4.78, 5) is 24.6. The second kappa shape index (κ2) is 10.9. The highest BCUT2D eigenvalue weighted by molar-refractivity contribution is 6.74. The fraction of sp³-hybridized carbons (Fsp3) is 0.406. The first-order chi connectivity index (χ1) is 19.2. The van der Waals surface area contributed by atoms with Gasteiger partial charge in [-0.25, -0.2) is 4.98 Å². The Balaban J connectivity index is 1.46. The van der Waals surface area contributed by atoms with E-state index < -0.39 is 8.32 Å². The van der Waals surface area contributed by atoms with Gasteiger partial charge in [-0.05, 0) is 74.8 Å². The first-order valence-corrected chi connectivity index (χ1v) is 17.4. The van der Waals surface area contributed by atoms with Crippen molar-refractivity contribution in [1.29, 1.82) is 0 Å². The number of anilines is 2. The van der Waals surface area contributed by atoms with Crippen molar-refractivity contribution in [3.63, 3.8) is 0 Å². The molecule has 216 valence electrons. The molecule has 5 rings (SSSR count). The van der Waals surface area contributed by atoms with Crippen LogP contribution in [0, 0.1) is 13.8 Å². The quantitative estimate of drug-likeness (QED) is 0.173. The number of rotatable bonds is 7. The van der Waals surface area contributed by atoms with Crippen LogP contribution in [0.1, 0.15) is 50.4 Å². The van der Waals surface area contributed by atoms with Crippen LogP contribution in [0.3, 0.4) is 0 Å². The number of aryl methyl sites for hydroxylation is 1. The van der Waals surface area contributed by atoms with E-state index in [2.05, 4.69) is 67.0 Å². The van der Waals surface area contributed by atoms with Gasteiger partial charge in [-0.15, -0.1) is 0 Å². The van der Waals surface area contributed by atoms with Crippen molar-refractivity contribution in [1.82, 2.24) is 9.97 Å². The van der Waals surface area contributed by atoms with Gasteiger partial charge in [0.2, 0.25) is 0 Å². The van der Waals surface area contributed by atoms with Crippen LogP contribution in [0.25, 0.3) is 22.3 Å². The summed E-state index contributed by atoms with van der Waals surface area (Å²) < 4.78 is 13.1. The third kappa shape index (κ3) is 5.78. The normalized spacial score (nSPS) is 15.2. The van der Waals surface area contributed by atoms with E-state index in [0.717, 1.165) is 41.3 Å². The Morgan fingerprint density at radius 2 is 1.90 bits per heavy atom. The molecule has 1 saturated heterocycles. The number of pyridine rings is 2. The van der Waals surface area contributed by atoms with E-state index in [-0.39, 0.29) is 22.6 Å². The Labute approximate surface area is 248 Å². The van der Waals surface area contributed by atoms with Crippen molar-refractivity contribution >= 4 is 42.4 Å². The SMILES string of the molecule is Cc1cc(C(C)Nc2ccc(Cl)nc2N2CC(O[Si](C)(C)C(C)(C)C)C2)c2oc(-c3cccnc3)c(C)c(=O)c2c1. The van der Waals surface area contributed by atoms with E-state index in [1.807, 2.05) is 31.2 Å². The lowest BCUT2D eigenvalue weighted by Gasteiger charge is -2.47. The summed E-state index contributed by atoms with van der Waals surface area (Å²) in [6.07, 6.45) is 3.59. The van der Waals surface area contributed by atoms with Gasteiger partial charge >= 0.3 is 0 Å². The van der Waals surface area contributed by atoms with E-state index in [0.29, 0.717) is 27.4 Å².